The summed E-state index contributed by atoms with van der Waals surface area (Å²) in [5, 5.41) is 0. The van der Waals surface area contributed by atoms with Crippen molar-refractivity contribution in [1.29, 1.82) is 0 Å². The summed E-state index contributed by atoms with van der Waals surface area (Å²) in [5.74, 6) is 1.96. The maximum Gasteiger partial charge on any atom is 0.106 e. The Hall–Kier alpha value is -0.830. The maximum atomic E-state index is 5.59. The number of rotatable bonds is 2. The maximum absolute atomic E-state index is 5.59. The van der Waals surface area contributed by atoms with Crippen molar-refractivity contribution in [2.75, 3.05) is 6.54 Å². The highest BCUT2D eigenvalue weighted by Gasteiger charge is 2.20. The van der Waals surface area contributed by atoms with Gasteiger partial charge in [-0.25, -0.2) is 4.98 Å². The van der Waals surface area contributed by atoms with Gasteiger partial charge in [0, 0.05) is 18.7 Å². The number of aromatic nitrogens is 2. The Balaban J connectivity index is 2.34. The summed E-state index contributed by atoms with van der Waals surface area (Å²) in [5.41, 5.74) is 8.26. The van der Waals surface area contributed by atoms with Crippen LogP contribution in [0, 0.1) is 12.8 Å². The number of aryl methyl sites for hydroxylation is 1. The summed E-state index contributed by atoms with van der Waals surface area (Å²) in [7, 11) is 0. The third-order valence-electron chi connectivity index (χ3n) is 3.11. The molecule has 1 aromatic rings. The van der Waals surface area contributed by atoms with E-state index in [-0.39, 0.29) is 0 Å². The Morgan fingerprint density at radius 2 is 2.36 bits per heavy atom. The predicted molar refractivity (Wildman–Crippen MR) is 57.2 cm³/mol. The van der Waals surface area contributed by atoms with Gasteiger partial charge in [-0.3, -0.25) is 0 Å². The zero-order chi connectivity index (χ0) is 10.1. The smallest absolute Gasteiger partial charge is 0.106 e. The normalized spacial score (nSPS) is 20.9. The molecule has 1 aliphatic heterocycles. The summed E-state index contributed by atoms with van der Waals surface area (Å²) in [6.45, 7) is 6.26. The van der Waals surface area contributed by atoms with E-state index in [4.69, 9.17) is 5.73 Å². The molecule has 3 heteroatoms. The second-order valence-electron chi connectivity index (χ2n) is 4.34. The number of fused-ring (bicyclic) bond motifs is 1. The van der Waals surface area contributed by atoms with Gasteiger partial charge >= 0.3 is 0 Å². The molecule has 1 atom stereocenters. The second-order valence-corrected chi connectivity index (χ2v) is 4.34. The van der Waals surface area contributed by atoms with Crippen molar-refractivity contribution in [3.05, 3.63) is 17.2 Å². The number of imidazole rings is 1. The molecule has 0 bridgehead atoms. The summed E-state index contributed by atoms with van der Waals surface area (Å²) < 4.78 is 2.37. The molecule has 1 unspecified atom stereocenters. The van der Waals surface area contributed by atoms with Crippen LogP contribution in [0.1, 0.15) is 30.6 Å². The Morgan fingerprint density at radius 3 is 3.07 bits per heavy atom. The van der Waals surface area contributed by atoms with Gasteiger partial charge in [0.15, 0.2) is 0 Å². The van der Waals surface area contributed by atoms with Crippen molar-refractivity contribution >= 4 is 0 Å². The van der Waals surface area contributed by atoms with Crippen molar-refractivity contribution < 1.29 is 0 Å². The molecule has 0 aromatic carbocycles. The van der Waals surface area contributed by atoms with Crippen LogP contribution >= 0.6 is 0 Å². The summed E-state index contributed by atoms with van der Waals surface area (Å²) in [6.07, 6.45) is 3.39. The molecule has 78 valence electrons. The molecule has 2 rings (SSSR count). The number of nitrogens with two attached hydrogens (primary N) is 1. The number of hydrogen-bond acceptors (Lipinski definition) is 2. The quantitative estimate of drug-likeness (QED) is 0.769. The van der Waals surface area contributed by atoms with Crippen LogP contribution in [0.2, 0.25) is 0 Å². The van der Waals surface area contributed by atoms with E-state index in [0.717, 1.165) is 24.7 Å². The minimum Gasteiger partial charge on any atom is -0.332 e. The van der Waals surface area contributed by atoms with Gasteiger partial charge in [-0.15, -0.1) is 0 Å². The van der Waals surface area contributed by atoms with E-state index in [0.29, 0.717) is 6.54 Å². The molecule has 0 radical (unpaired) electrons. The standard InChI is InChI=1S/C11H19N3/c1-8-4-6-14-9(2)13-10(3-5-12)11(14)7-8/h8H,3-7,12H2,1-2H3. The Labute approximate surface area is 85.3 Å². The lowest BCUT2D eigenvalue weighted by atomic mass is 9.96. The molecular weight excluding hydrogens is 174 g/mol. The lowest BCUT2D eigenvalue weighted by Gasteiger charge is -2.22. The lowest BCUT2D eigenvalue weighted by Crippen LogP contribution is -2.19. The van der Waals surface area contributed by atoms with E-state index in [2.05, 4.69) is 23.4 Å². The molecule has 0 spiro atoms. The summed E-state index contributed by atoms with van der Waals surface area (Å²) >= 11 is 0. The lowest BCUT2D eigenvalue weighted by molar-refractivity contribution is 0.410. The highest BCUT2D eigenvalue weighted by Crippen LogP contribution is 2.24. The van der Waals surface area contributed by atoms with Crippen LogP contribution < -0.4 is 5.73 Å². The fourth-order valence-electron chi connectivity index (χ4n) is 2.31. The highest BCUT2D eigenvalue weighted by atomic mass is 15.1. The fraction of sp³-hybridized carbons (Fsp3) is 0.727. The molecule has 1 aromatic heterocycles. The zero-order valence-corrected chi connectivity index (χ0v) is 9.08. The molecule has 0 saturated carbocycles. The molecule has 0 saturated heterocycles. The van der Waals surface area contributed by atoms with Crippen LogP contribution in [-0.4, -0.2) is 16.1 Å². The largest absolute Gasteiger partial charge is 0.332 e. The number of nitrogens with zero attached hydrogens (tertiary/aromatic N) is 2. The third-order valence-corrected chi connectivity index (χ3v) is 3.11. The molecule has 2 N–H and O–H groups in total. The van der Waals surface area contributed by atoms with Gasteiger partial charge in [0.2, 0.25) is 0 Å². The zero-order valence-electron chi connectivity index (χ0n) is 9.08. The van der Waals surface area contributed by atoms with Gasteiger partial charge < -0.3 is 10.3 Å². The molecular formula is C11H19N3. The van der Waals surface area contributed by atoms with Crippen molar-refractivity contribution in [3.8, 4) is 0 Å². The molecule has 2 heterocycles. The molecule has 0 aliphatic carbocycles. The van der Waals surface area contributed by atoms with E-state index in [1.807, 2.05) is 0 Å². The van der Waals surface area contributed by atoms with E-state index < -0.39 is 0 Å². The SMILES string of the molecule is Cc1nc(CCN)c2n1CCC(C)C2. The Kier molecular flexibility index (Phi) is 2.59. The Bertz CT molecular complexity index is 328. The van der Waals surface area contributed by atoms with Gasteiger partial charge in [-0.2, -0.15) is 0 Å². The van der Waals surface area contributed by atoms with Crippen LogP contribution in [0.3, 0.4) is 0 Å². The number of hydrogen-bond donors (Lipinski definition) is 1. The van der Waals surface area contributed by atoms with Crippen molar-refractivity contribution in [2.24, 2.45) is 11.7 Å². The van der Waals surface area contributed by atoms with E-state index in [9.17, 15) is 0 Å². The monoisotopic (exact) mass is 193 g/mol. The van der Waals surface area contributed by atoms with Crippen LogP contribution in [0.5, 0.6) is 0 Å². The molecule has 0 fully saturated rings. The van der Waals surface area contributed by atoms with Crippen molar-refractivity contribution in [1.82, 2.24) is 9.55 Å². The first-order chi connectivity index (χ1) is 6.72. The summed E-state index contributed by atoms with van der Waals surface area (Å²) in [6, 6.07) is 0. The Morgan fingerprint density at radius 1 is 1.57 bits per heavy atom. The molecule has 3 nitrogen and oxygen atoms in total. The van der Waals surface area contributed by atoms with Crippen LogP contribution in [0.25, 0.3) is 0 Å². The van der Waals surface area contributed by atoms with E-state index >= 15 is 0 Å². The van der Waals surface area contributed by atoms with Gasteiger partial charge in [-0.05, 0) is 32.2 Å². The minimum atomic E-state index is 0.706. The first-order valence-corrected chi connectivity index (χ1v) is 5.47. The molecule has 0 amide bonds. The van der Waals surface area contributed by atoms with Crippen LogP contribution in [-0.2, 0) is 19.4 Å². The van der Waals surface area contributed by atoms with Gasteiger partial charge in [0.05, 0.1) is 5.69 Å². The van der Waals surface area contributed by atoms with E-state index in [1.165, 1.54) is 24.2 Å². The van der Waals surface area contributed by atoms with Crippen LogP contribution in [0.15, 0.2) is 0 Å². The fourth-order valence-corrected chi connectivity index (χ4v) is 2.31. The minimum absolute atomic E-state index is 0.706. The first kappa shape index (κ1) is 9.71. The van der Waals surface area contributed by atoms with Gasteiger partial charge in [0.1, 0.15) is 5.82 Å². The topological polar surface area (TPSA) is 43.8 Å². The molecule has 14 heavy (non-hydrogen) atoms. The van der Waals surface area contributed by atoms with Crippen LogP contribution in [0.4, 0.5) is 0 Å². The van der Waals surface area contributed by atoms with Crippen molar-refractivity contribution in [2.45, 2.75) is 39.7 Å². The molecule has 1 aliphatic rings. The van der Waals surface area contributed by atoms with Gasteiger partial charge in [-0.1, -0.05) is 6.92 Å². The highest BCUT2D eigenvalue weighted by molar-refractivity contribution is 5.19. The summed E-state index contributed by atoms with van der Waals surface area (Å²) in [4.78, 5) is 4.60. The van der Waals surface area contributed by atoms with Gasteiger partial charge in [0.25, 0.3) is 0 Å². The first-order valence-electron chi connectivity index (χ1n) is 5.47. The average molecular weight is 193 g/mol. The van der Waals surface area contributed by atoms with Crippen molar-refractivity contribution in [3.63, 3.8) is 0 Å². The predicted octanol–water partition coefficient (Wildman–Crippen LogP) is 1.28. The van der Waals surface area contributed by atoms with E-state index in [1.54, 1.807) is 0 Å². The second kappa shape index (κ2) is 3.73. The average Bonchev–Trinajstić information content (AvgIpc) is 2.44. The third kappa shape index (κ3) is 1.57.